The zero-order valence-electron chi connectivity index (χ0n) is 17.4. The highest BCUT2D eigenvalue weighted by molar-refractivity contribution is 9.10. The third-order valence-electron chi connectivity index (χ3n) is 5.44. The minimum Gasteiger partial charge on any atom is -0.507 e. The largest absolute Gasteiger partial charge is 0.507 e. The molecule has 1 aromatic heterocycles. The first kappa shape index (κ1) is 21.8. The maximum atomic E-state index is 13.1. The molecular formula is C24H22BrN3O4. The molecule has 0 aliphatic carbocycles. The van der Waals surface area contributed by atoms with Crippen LogP contribution in [-0.2, 0) is 16.1 Å². The van der Waals surface area contributed by atoms with Crippen LogP contribution < -0.4 is 4.74 Å². The van der Waals surface area contributed by atoms with Crippen LogP contribution in [0.3, 0.4) is 0 Å². The fraction of sp³-hybridized carbons (Fsp3) is 0.208. The summed E-state index contributed by atoms with van der Waals surface area (Å²) in [7, 11) is 1.56. The first-order chi connectivity index (χ1) is 15.5. The van der Waals surface area contributed by atoms with Crippen LogP contribution in [-0.4, -0.2) is 44.9 Å². The van der Waals surface area contributed by atoms with Crippen LogP contribution >= 0.6 is 15.9 Å². The first-order valence-electron chi connectivity index (χ1n) is 10.1. The van der Waals surface area contributed by atoms with Crippen molar-refractivity contribution in [3.63, 3.8) is 0 Å². The number of Topliss-reactive ketones (excluding diaryl/α,β-unsaturated/α-hetero) is 1. The molecule has 32 heavy (non-hydrogen) atoms. The highest BCUT2D eigenvalue weighted by atomic mass is 79.9. The van der Waals surface area contributed by atoms with Crippen molar-refractivity contribution in [1.29, 1.82) is 0 Å². The number of aromatic nitrogens is 2. The van der Waals surface area contributed by atoms with Crippen molar-refractivity contribution < 1.29 is 19.4 Å². The van der Waals surface area contributed by atoms with Gasteiger partial charge in [-0.3, -0.25) is 9.59 Å². The number of likely N-dealkylation sites (tertiary alicyclic amines) is 1. The van der Waals surface area contributed by atoms with Gasteiger partial charge in [0.1, 0.15) is 11.5 Å². The molecule has 164 valence electrons. The standard InChI is InChI=1S/C24H22BrN3O4/c1-32-19-5-2-4-17(14-19)21-20(22(29)16-6-8-18(25)9-7-16)23(30)24(31)28(21)12-3-11-27-13-10-26-15-27/h2,4-10,13-15,21,29H,3,11-12H2,1H3/b22-20+/t21-/m0/s1. The number of aliphatic hydroxyl groups is 1. The van der Waals surface area contributed by atoms with Gasteiger partial charge in [0.15, 0.2) is 0 Å². The monoisotopic (exact) mass is 495 g/mol. The Bertz CT molecular complexity index is 1160. The highest BCUT2D eigenvalue weighted by Crippen LogP contribution is 2.40. The van der Waals surface area contributed by atoms with Gasteiger partial charge in [0.2, 0.25) is 0 Å². The van der Waals surface area contributed by atoms with Crippen molar-refractivity contribution in [1.82, 2.24) is 14.5 Å². The molecule has 1 atom stereocenters. The average molecular weight is 496 g/mol. The van der Waals surface area contributed by atoms with E-state index < -0.39 is 17.7 Å². The summed E-state index contributed by atoms with van der Waals surface area (Å²) >= 11 is 3.37. The Morgan fingerprint density at radius 1 is 1.16 bits per heavy atom. The molecule has 0 bridgehead atoms. The van der Waals surface area contributed by atoms with Gasteiger partial charge in [-0.15, -0.1) is 0 Å². The summed E-state index contributed by atoms with van der Waals surface area (Å²) in [4.78, 5) is 31.6. The van der Waals surface area contributed by atoms with Crippen LogP contribution in [0.15, 0.2) is 77.3 Å². The van der Waals surface area contributed by atoms with Crippen LogP contribution in [0.25, 0.3) is 5.76 Å². The van der Waals surface area contributed by atoms with Gasteiger partial charge in [-0.05, 0) is 36.2 Å². The molecule has 0 saturated carbocycles. The van der Waals surface area contributed by atoms with Crippen molar-refractivity contribution in [3.8, 4) is 5.75 Å². The SMILES string of the molecule is COc1cccc([C@H]2/C(=C(\O)c3ccc(Br)cc3)C(=O)C(=O)N2CCCn2ccnc2)c1. The number of ether oxygens (including phenoxy) is 1. The number of nitrogens with zero attached hydrogens (tertiary/aromatic N) is 3. The van der Waals surface area contributed by atoms with Gasteiger partial charge in [-0.2, -0.15) is 0 Å². The number of imidazole rings is 1. The molecule has 7 nitrogen and oxygen atoms in total. The fourth-order valence-corrected chi connectivity index (χ4v) is 4.14. The van der Waals surface area contributed by atoms with E-state index >= 15 is 0 Å². The Hall–Kier alpha value is -3.39. The number of hydrogen-bond donors (Lipinski definition) is 1. The highest BCUT2D eigenvalue weighted by Gasteiger charge is 2.45. The second-order valence-electron chi connectivity index (χ2n) is 7.43. The van der Waals surface area contributed by atoms with Crippen LogP contribution in [0, 0.1) is 0 Å². The molecular weight excluding hydrogens is 474 g/mol. The first-order valence-corrected chi connectivity index (χ1v) is 10.9. The van der Waals surface area contributed by atoms with Crippen LogP contribution in [0.5, 0.6) is 5.75 Å². The molecule has 1 amide bonds. The van der Waals surface area contributed by atoms with E-state index in [2.05, 4.69) is 20.9 Å². The molecule has 0 unspecified atom stereocenters. The number of aliphatic hydroxyl groups excluding tert-OH is 1. The molecule has 1 N–H and O–H groups in total. The van der Waals surface area contributed by atoms with Crippen molar-refractivity contribution in [2.45, 2.75) is 19.0 Å². The molecule has 0 spiro atoms. The number of carbonyl (C=O) groups excluding carboxylic acids is 2. The summed E-state index contributed by atoms with van der Waals surface area (Å²) in [5, 5.41) is 11.1. The fourth-order valence-electron chi connectivity index (χ4n) is 3.87. The second kappa shape index (κ2) is 9.40. The number of methoxy groups -OCH3 is 1. The van der Waals surface area contributed by atoms with E-state index in [4.69, 9.17) is 4.74 Å². The van der Waals surface area contributed by atoms with Gasteiger partial charge in [-0.25, -0.2) is 4.98 Å². The van der Waals surface area contributed by atoms with Crippen LogP contribution in [0.4, 0.5) is 0 Å². The molecule has 2 heterocycles. The molecule has 0 radical (unpaired) electrons. The van der Waals surface area contributed by atoms with Gasteiger partial charge in [0.25, 0.3) is 11.7 Å². The molecule has 2 aromatic carbocycles. The number of benzene rings is 2. The molecule has 1 aliphatic heterocycles. The van der Waals surface area contributed by atoms with E-state index in [-0.39, 0.29) is 11.3 Å². The number of rotatable bonds is 7. The summed E-state index contributed by atoms with van der Waals surface area (Å²) in [5.74, 6) is -0.904. The smallest absolute Gasteiger partial charge is 0.295 e. The lowest BCUT2D eigenvalue weighted by Crippen LogP contribution is -2.31. The molecule has 1 saturated heterocycles. The maximum Gasteiger partial charge on any atom is 0.295 e. The lowest BCUT2D eigenvalue weighted by atomic mass is 9.95. The van der Waals surface area contributed by atoms with Crippen molar-refractivity contribution in [2.24, 2.45) is 0 Å². The Kier molecular flexibility index (Phi) is 6.41. The Labute approximate surface area is 194 Å². The van der Waals surface area contributed by atoms with E-state index in [1.54, 1.807) is 62.1 Å². The summed E-state index contributed by atoms with van der Waals surface area (Å²) in [5.41, 5.74) is 1.25. The van der Waals surface area contributed by atoms with E-state index in [1.165, 1.54) is 4.90 Å². The van der Waals surface area contributed by atoms with Crippen LogP contribution in [0.1, 0.15) is 23.6 Å². The third-order valence-corrected chi connectivity index (χ3v) is 5.97. The predicted molar refractivity (Wildman–Crippen MR) is 123 cm³/mol. The van der Waals surface area contributed by atoms with Gasteiger partial charge < -0.3 is 19.3 Å². The average Bonchev–Trinajstić information content (AvgIpc) is 3.41. The van der Waals surface area contributed by atoms with Crippen LogP contribution in [0.2, 0.25) is 0 Å². The number of amides is 1. The number of hydrogen-bond acceptors (Lipinski definition) is 5. The number of halogens is 1. The van der Waals surface area contributed by atoms with E-state index in [1.807, 2.05) is 16.8 Å². The maximum absolute atomic E-state index is 13.1. The lowest BCUT2D eigenvalue weighted by molar-refractivity contribution is -0.139. The van der Waals surface area contributed by atoms with Gasteiger partial charge in [0.05, 0.1) is 25.1 Å². The van der Waals surface area contributed by atoms with Crippen molar-refractivity contribution in [2.75, 3.05) is 13.7 Å². The Balaban J connectivity index is 1.74. The normalized spacial score (nSPS) is 17.7. The zero-order valence-corrected chi connectivity index (χ0v) is 19.0. The minimum atomic E-state index is -0.712. The number of carbonyl (C=O) groups is 2. The summed E-state index contributed by atoms with van der Waals surface area (Å²) in [6.07, 6.45) is 5.88. The number of aryl methyl sites for hydroxylation is 1. The minimum absolute atomic E-state index is 0.0770. The van der Waals surface area contributed by atoms with E-state index in [0.717, 1.165) is 4.47 Å². The molecule has 8 heteroatoms. The van der Waals surface area contributed by atoms with Crippen molar-refractivity contribution in [3.05, 3.63) is 88.4 Å². The summed E-state index contributed by atoms with van der Waals surface area (Å²) < 4.78 is 8.11. The van der Waals surface area contributed by atoms with Crippen molar-refractivity contribution >= 4 is 33.4 Å². The molecule has 1 aliphatic rings. The van der Waals surface area contributed by atoms with E-state index in [9.17, 15) is 14.7 Å². The summed E-state index contributed by atoms with van der Waals surface area (Å²) in [6, 6.07) is 13.5. The summed E-state index contributed by atoms with van der Waals surface area (Å²) in [6.45, 7) is 1.00. The number of ketones is 1. The van der Waals surface area contributed by atoms with E-state index in [0.29, 0.717) is 36.4 Å². The molecule has 1 fully saturated rings. The quantitative estimate of drug-likeness (QED) is 0.302. The topological polar surface area (TPSA) is 84.7 Å². The molecule has 3 aromatic rings. The Morgan fingerprint density at radius 2 is 1.94 bits per heavy atom. The van der Waals surface area contributed by atoms with Gasteiger partial charge in [0, 0.05) is 35.5 Å². The van der Waals surface area contributed by atoms with Gasteiger partial charge >= 0.3 is 0 Å². The lowest BCUT2D eigenvalue weighted by Gasteiger charge is -2.25. The predicted octanol–water partition coefficient (Wildman–Crippen LogP) is 4.17. The zero-order chi connectivity index (χ0) is 22.7. The van der Waals surface area contributed by atoms with Gasteiger partial charge in [-0.1, -0.05) is 40.2 Å². The Morgan fingerprint density at radius 3 is 2.62 bits per heavy atom. The molecule has 4 rings (SSSR count). The second-order valence-corrected chi connectivity index (χ2v) is 8.35. The third kappa shape index (κ3) is 4.31.